The predicted octanol–water partition coefficient (Wildman–Crippen LogP) is 3.46. The molecule has 0 heterocycles. The van der Waals surface area contributed by atoms with E-state index in [1.807, 2.05) is 54.6 Å². The van der Waals surface area contributed by atoms with Crippen LogP contribution in [0.4, 0.5) is 0 Å². The fourth-order valence-corrected chi connectivity index (χ4v) is 2.97. The third-order valence-corrected chi connectivity index (χ3v) is 4.55. The van der Waals surface area contributed by atoms with Crippen LogP contribution in [0.1, 0.15) is 27.0 Å². The zero-order chi connectivity index (χ0) is 20.8. The molecule has 0 aliphatic carbocycles. The Kier molecular flexibility index (Phi) is 6.26. The molecule has 0 aliphatic rings. The molecule has 0 spiro atoms. The van der Waals surface area contributed by atoms with Crippen LogP contribution in [0.25, 0.3) is 11.1 Å². The third-order valence-electron chi connectivity index (χ3n) is 4.55. The van der Waals surface area contributed by atoms with Gasteiger partial charge in [0.25, 0.3) is 0 Å². The molecule has 0 bridgehead atoms. The van der Waals surface area contributed by atoms with Gasteiger partial charge in [-0.2, -0.15) is 0 Å². The molecular formula is C23H23N3O3. The highest BCUT2D eigenvalue weighted by atomic mass is 16.5. The molecule has 0 aliphatic heterocycles. The smallest absolute Gasteiger partial charge is 0.338 e. The number of carbonyl (C=O) groups excluding carboxylic acids is 1. The van der Waals surface area contributed by atoms with Crippen molar-refractivity contribution in [2.24, 2.45) is 11.5 Å². The van der Waals surface area contributed by atoms with Gasteiger partial charge < -0.3 is 20.9 Å². The second-order valence-electron chi connectivity index (χ2n) is 6.50. The highest BCUT2D eigenvalue weighted by Crippen LogP contribution is 2.25. The summed E-state index contributed by atoms with van der Waals surface area (Å²) in [6, 6.07) is 20.3. The van der Waals surface area contributed by atoms with Crippen LogP contribution >= 0.6 is 0 Å². The third kappa shape index (κ3) is 4.80. The maximum Gasteiger partial charge on any atom is 0.338 e. The summed E-state index contributed by atoms with van der Waals surface area (Å²) in [6.45, 7) is 0.644. The highest BCUT2D eigenvalue weighted by molar-refractivity contribution is 5.96. The summed E-state index contributed by atoms with van der Waals surface area (Å²) in [4.78, 5) is 12.4. The van der Waals surface area contributed by atoms with Crippen LogP contribution in [0.15, 0.2) is 66.7 Å². The Labute approximate surface area is 169 Å². The normalized spacial score (nSPS) is 10.4. The lowest BCUT2D eigenvalue weighted by Gasteiger charge is -2.13. The van der Waals surface area contributed by atoms with E-state index in [0.717, 1.165) is 16.7 Å². The minimum absolute atomic E-state index is 0.00947. The maximum atomic E-state index is 12.4. The molecule has 6 heteroatoms. The summed E-state index contributed by atoms with van der Waals surface area (Å²) in [6.07, 6.45) is 0. The second kappa shape index (κ2) is 9.03. The molecule has 3 aromatic rings. The lowest BCUT2D eigenvalue weighted by molar-refractivity contribution is 0.0598. The molecule has 3 aromatic carbocycles. The summed E-state index contributed by atoms with van der Waals surface area (Å²) in [5, 5.41) is 7.61. The van der Waals surface area contributed by atoms with Gasteiger partial charge in [-0.1, -0.05) is 42.5 Å². The number of hydrogen-bond donors (Lipinski definition) is 3. The minimum Gasteiger partial charge on any atom is -0.489 e. The van der Waals surface area contributed by atoms with E-state index in [9.17, 15) is 4.79 Å². The maximum absolute atomic E-state index is 12.4. The summed E-state index contributed by atoms with van der Waals surface area (Å²) in [5.41, 5.74) is 15.7. The van der Waals surface area contributed by atoms with Gasteiger partial charge in [-0.3, -0.25) is 5.41 Å². The zero-order valence-electron chi connectivity index (χ0n) is 16.1. The molecule has 0 unspecified atom stereocenters. The number of nitrogen functional groups attached to an aromatic ring is 1. The van der Waals surface area contributed by atoms with Gasteiger partial charge in [-0.05, 0) is 41.0 Å². The fourth-order valence-electron chi connectivity index (χ4n) is 2.97. The number of nitrogens with one attached hydrogen (secondary N) is 1. The number of methoxy groups -OCH3 is 1. The SMILES string of the molecule is COC(=O)c1cc(-c2cccc(C(=N)N)c2)ccc1COc1cccc(CN)c1. The average molecular weight is 389 g/mol. The first-order valence-electron chi connectivity index (χ1n) is 9.09. The Bertz CT molecular complexity index is 1050. The van der Waals surface area contributed by atoms with Crippen LogP contribution in [0.2, 0.25) is 0 Å². The molecule has 0 aromatic heterocycles. The van der Waals surface area contributed by atoms with E-state index in [2.05, 4.69) is 0 Å². The van der Waals surface area contributed by atoms with E-state index < -0.39 is 5.97 Å². The molecule has 0 amide bonds. The standard InChI is InChI=1S/C23H23N3O3/c1-28-23(27)21-12-17(16-5-3-6-18(11-16)22(25)26)8-9-19(21)14-29-20-7-2-4-15(10-20)13-24/h2-12H,13-14,24H2,1H3,(H3,25,26). The Morgan fingerprint density at radius 3 is 2.48 bits per heavy atom. The lowest BCUT2D eigenvalue weighted by Crippen LogP contribution is -2.11. The van der Waals surface area contributed by atoms with E-state index >= 15 is 0 Å². The molecule has 0 fully saturated rings. The van der Waals surface area contributed by atoms with Crippen LogP contribution in [0, 0.1) is 5.41 Å². The summed E-state index contributed by atoms with van der Waals surface area (Å²) >= 11 is 0. The number of rotatable bonds is 7. The molecule has 0 radical (unpaired) electrons. The topological polar surface area (TPSA) is 111 Å². The Hall–Kier alpha value is -3.64. The predicted molar refractivity (Wildman–Crippen MR) is 113 cm³/mol. The van der Waals surface area contributed by atoms with E-state index in [1.54, 1.807) is 12.1 Å². The zero-order valence-corrected chi connectivity index (χ0v) is 16.1. The van der Waals surface area contributed by atoms with Crippen molar-refractivity contribution in [2.45, 2.75) is 13.2 Å². The fraction of sp³-hybridized carbons (Fsp3) is 0.130. The monoisotopic (exact) mass is 389 g/mol. The van der Waals surface area contributed by atoms with Gasteiger partial charge >= 0.3 is 5.97 Å². The molecule has 5 N–H and O–H groups in total. The molecule has 29 heavy (non-hydrogen) atoms. The minimum atomic E-state index is -0.441. The molecule has 148 valence electrons. The first-order valence-corrected chi connectivity index (χ1v) is 9.09. The molecule has 0 saturated carbocycles. The number of esters is 1. The van der Waals surface area contributed by atoms with E-state index in [1.165, 1.54) is 7.11 Å². The van der Waals surface area contributed by atoms with Crippen LogP contribution in [0.3, 0.4) is 0 Å². The Morgan fingerprint density at radius 2 is 1.76 bits per heavy atom. The molecule has 0 atom stereocenters. The van der Waals surface area contributed by atoms with Crippen LogP contribution in [-0.4, -0.2) is 18.9 Å². The summed E-state index contributed by atoms with van der Waals surface area (Å²) < 4.78 is 10.8. The Morgan fingerprint density at radius 1 is 1.00 bits per heavy atom. The number of carbonyl (C=O) groups is 1. The number of nitrogens with two attached hydrogens (primary N) is 2. The molecule has 0 saturated heterocycles. The number of hydrogen-bond acceptors (Lipinski definition) is 5. The first-order chi connectivity index (χ1) is 14.0. The van der Waals surface area contributed by atoms with Gasteiger partial charge in [0.1, 0.15) is 18.2 Å². The molecule has 6 nitrogen and oxygen atoms in total. The van der Waals surface area contributed by atoms with Crippen LogP contribution in [-0.2, 0) is 17.9 Å². The lowest BCUT2D eigenvalue weighted by atomic mass is 9.98. The van der Waals surface area contributed by atoms with Gasteiger partial charge in [0.15, 0.2) is 0 Å². The van der Waals surface area contributed by atoms with Gasteiger partial charge in [0.2, 0.25) is 0 Å². The summed E-state index contributed by atoms with van der Waals surface area (Å²) in [5.74, 6) is 0.232. The van der Waals surface area contributed by atoms with Gasteiger partial charge in [-0.15, -0.1) is 0 Å². The number of amidine groups is 1. The van der Waals surface area contributed by atoms with Gasteiger partial charge in [-0.25, -0.2) is 4.79 Å². The van der Waals surface area contributed by atoms with Gasteiger partial charge in [0, 0.05) is 17.7 Å². The van der Waals surface area contributed by atoms with Crippen LogP contribution < -0.4 is 16.2 Å². The van der Waals surface area contributed by atoms with Crippen molar-refractivity contribution >= 4 is 11.8 Å². The quantitative estimate of drug-likeness (QED) is 0.325. The summed E-state index contributed by atoms with van der Waals surface area (Å²) in [7, 11) is 1.35. The number of benzene rings is 3. The largest absolute Gasteiger partial charge is 0.489 e. The van der Waals surface area contributed by atoms with Gasteiger partial charge in [0.05, 0.1) is 12.7 Å². The molecule has 3 rings (SSSR count). The second-order valence-corrected chi connectivity index (χ2v) is 6.50. The van der Waals surface area contributed by atoms with Crippen LogP contribution in [0.5, 0.6) is 5.75 Å². The molecular weight excluding hydrogens is 366 g/mol. The number of ether oxygens (including phenoxy) is 2. The first kappa shape index (κ1) is 20.1. The van der Waals surface area contributed by atoms with E-state index in [0.29, 0.717) is 29.0 Å². The van der Waals surface area contributed by atoms with E-state index in [-0.39, 0.29) is 12.4 Å². The van der Waals surface area contributed by atoms with Crippen molar-refractivity contribution in [1.82, 2.24) is 0 Å². The van der Waals surface area contributed by atoms with E-state index in [4.69, 9.17) is 26.4 Å². The van der Waals surface area contributed by atoms with Crippen molar-refractivity contribution in [2.75, 3.05) is 7.11 Å². The average Bonchev–Trinajstić information content (AvgIpc) is 2.77. The van der Waals surface area contributed by atoms with Crippen molar-refractivity contribution in [1.29, 1.82) is 5.41 Å². The van der Waals surface area contributed by atoms with Crippen molar-refractivity contribution in [3.63, 3.8) is 0 Å². The Balaban J connectivity index is 1.91. The highest BCUT2D eigenvalue weighted by Gasteiger charge is 2.14. The van der Waals surface area contributed by atoms with Crippen molar-refractivity contribution in [3.05, 3.63) is 89.0 Å². The van der Waals surface area contributed by atoms with Crippen molar-refractivity contribution < 1.29 is 14.3 Å². The van der Waals surface area contributed by atoms with Crippen molar-refractivity contribution in [3.8, 4) is 16.9 Å².